The lowest BCUT2D eigenvalue weighted by Crippen LogP contribution is -2.41. The quantitative estimate of drug-likeness (QED) is 0.344. The van der Waals surface area contributed by atoms with Crippen molar-refractivity contribution in [2.24, 2.45) is 4.99 Å². The van der Waals surface area contributed by atoms with Crippen molar-refractivity contribution < 1.29 is 4.79 Å². The van der Waals surface area contributed by atoms with E-state index in [-0.39, 0.29) is 12.5 Å². The van der Waals surface area contributed by atoms with Crippen LogP contribution in [0.4, 0.5) is 5.69 Å². The molecule has 142 valence electrons. The number of carbonyl (C=O) groups is 1. The average molecular weight is 375 g/mol. The number of hydrogen-bond donors (Lipinski definition) is 3. The standard InChI is InChI=1S/C20H21N7O/c1-3-15-8-7-9-16(12-15)24-19(28)14-23-20(21-4-2)22-13-18-26-25-17-10-5-6-11-27(17)18/h1,5-12H,4,13-14H2,2H3,(H,24,28)(H2,21,22,23). The number of guanidine groups is 1. The van der Waals surface area contributed by atoms with Crippen LogP contribution in [0, 0.1) is 12.3 Å². The number of amides is 1. The maximum atomic E-state index is 12.2. The summed E-state index contributed by atoms with van der Waals surface area (Å²) in [5, 5.41) is 17.2. The molecular weight excluding hydrogens is 354 g/mol. The Labute approximate surface area is 163 Å². The fraction of sp³-hybridized carbons (Fsp3) is 0.200. The number of anilines is 1. The van der Waals surface area contributed by atoms with Crippen LogP contribution in [0.5, 0.6) is 0 Å². The van der Waals surface area contributed by atoms with E-state index < -0.39 is 0 Å². The van der Waals surface area contributed by atoms with E-state index in [1.807, 2.05) is 35.7 Å². The van der Waals surface area contributed by atoms with Gasteiger partial charge in [-0.1, -0.05) is 18.1 Å². The molecule has 0 aliphatic carbocycles. The lowest BCUT2D eigenvalue weighted by molar-refractivity contribution is -0.115. The fourth-order valence-corrected chi connectivity index (χ4v) is 2.55. The second kappa shape index (κ2) is 9.19. The van der Waals surface area contributed by atoms with Gasteiger partial charge in [-0.3, -0.25) is 9.20 Å². The van der Waals surface area contributed by atoms with E-state index in [0.29, 0.717) is 36.1 Å². The molecule has 28 heavy (non-hydrogen) atoms. The smallest absolute Gasteiger partial charge is 0.243 e. The van der Waals surface area contributed by atoms with Gasteiger partial charge in [-0.05, 0) is 37.3 Å². The molecule has 2 heterocycles. The third-order valence-electron chi connectivity index (χ3n) is 3.84. The molecule has 3 N–H and O–H groups in total. The normalized spacial score (nSPS) is 11.1. The number of aromatic nitrogens is 3. The molecule has 3 aromatic rings. The maximum absolute atomic E-state index is 12.2. The lowest BCUT2D eigenvalue weighted by Gasteiger charge is -2.11. The van der Waals surface area contributed by atoms with Crippen molar-refractivity contribution in [3.05, 3.63) is 60.0 Å². The lowest BCUT2D eigenvalue weighted by atomic mass is 10.2. The molecule has 8 heteroatoms. The Balaban J connectivity index is 1.60. The predicted octanol–water partition coefficient (Wildman–Crippen LogP) is 1.40. The van der Waals surface area contributed by atoms with Crippen LogP contribution < -0.4 is 16.0 Å². The molecule has 0 saturated heterocycles. The van der Waals surface area contributed by atoms with Crippen molar-refractivity contribution in [1.29, 1.82) is 0 Å². The van der Waals surface area contributed by atoms with Crippen molar-refractivity contribution in [3.63, 3.8) is 0 Å². The highest BCUT2D eigenvalue weighted by Crippen LogP contribution is 2.09. The van der Waals surface area contributed by atoms with Crippen LogP contribution in [0.2, 0.25) is 0 Å². The average Bonchev–Trinajstić information content (AvgIpc) is 3.13. The Morgan fingerprint density at radius 2 is 2.11 bits per heavy atom. The van der Waals surface area contributed by atoms with E-state index in [4.69, 9.17) is 6.42 Å². The number of terminal acetylenes is 1. The summed E-state index contributed by atoms with van der Waals surface area (Å²) in [4.78, 5) is 16.7. The van der Waals surface area contributed by atoms with E-state index in [0.717, 1.165) is 5.65 Å². The molecule has 2 aromatic heterocycles. The number of nitrogens with one attached hydrogen (secondary N) is 3. The highest BCUT2D eigenvalue weighted by Gasteiger charge is 2.07. The second-order valence-corrected chi connectivity index (χ2v) is 5.87. The van der Waals surface area contributed by atoms with Crippen LogP contribution in [0.25, 0.3) is 5.65 Å². The topological polar surface area (TPSA) is 95.7 Å². The molecule has 1 aromatic carbocycles. The first-order valence-corrected chi connectivity index (χ1v) is 8.87. The zero-order valence-electron chi connectivity index (χ0n) is 15.5. The first kappa shape index (κ1) is 18.9. The van der Waals surface area contributed by atoms with Crippen molar-refractivity contribution >= 4 is 23.2 Å². The van der Waals surface area contributed by atoms with Crippen molar-refractivity contribution in [2.45, 2.75) is 13.5 Å². The Bertz CT molecular complexity index is 1030. The fourth-order valence-electron chi connectivity index (χ4n) is 2.55. The number of benzene rings is 1. The number of aliphatic imine (C=N–C) groups is 1. The maximum Gasteiger partial charge on any atom is 0.243 e. The van der Waals surface area contributed by atoms with E-state index >= 15 is 0 Å². The van der Waals surface area contributed by atoms with Gasteiger partial charge in [0.2, 0.25) is 5.91 Å². The third-order valence-corrected chi connectivity index (χ3v) is 3.84. The van der Waals surface area contributed by atoms with Crippen LogP contribution >= 0.6 is 0 Å². The summed E-state index contributed by atoms with van der Waals surface area (Å²) < 4.78 is 1.87. The van der Waals surface area contributed by atoms with Gasteiger partial charge in [0.05, 0.1) is 6.54 Å². The zero-order chi connectivity index (χ0) is 19.8. The molecule has 0 radical (unpaired) electrons. The molecule has 0 aliphatic heterocycles. The minimum absolute atomic E-state index is 0.0622. The van der Waals surface area contributed by atoms with Crippen molar-refractivity contribution in [3.8, 4) is 12.3 Å². The third kappa shape index (κ3) is 4.86. The molecule has 0 bridgehead atoms. The summed E-state index contributed by atoms with van der Waals surface area (Å²) in [5.41, 5.74) is 2.12. The monoisotopic (exact) mass is 375 g/mol. The van der Waals surface area contributed by atoms with Crippen LogP contribution in [-0.2, 0) is 11.3 Å². The van der Waals surface area contributed by atoms with Gasteiger partial charge in [-0.2, -0.15) is 0 Å². The Hall–Kier alpha value is -3.86. The van der Waals surface area contributed by atoms with Crippen molar-refractivity contribution in [2.75, 3.05) is 18.4 Å². The van der Waals surface area contributed by atoms with Gasteiger partial charge >= 0.3 is 0 Å². The van der Waals surface area contributed by atoms with Crippen LogP contribution in [-0.4, -0.2) is 39.6 Å². The van der Waals surface area contributed by atoms with E-state index in [1.165, 1.54) is 0 Å². The summed E-state index contributed by atoms with van der Waals surface area (Å²) in [6.07, 6.45) is 7.27. The number of fused-ring (bicyclic) bond motifs is 1. The molecule has 0 aliphatic rings. The highest BCUT2D eigenvalue weighted by molar-refractivity contribution is 5.95. The van der Waals surface area contributed by atoms with Gasteiger partial charge in [0, 0.05) is 24.0 Å². The Morgan fingerprint density at radius 3 is 2.93 bits per heavy atom. The Morgan fingerprint density at radius 1 is 1.21 bits per heavy atom. The van der Waals surface area contributed by atoms with Gasteiger partial charge in [0.25, 0.3) is 0 Å². The molecule has 0 atom stereocenters. The van der Waals surface area contributed by atoms with Gasteiger partial charge in [0.15, 0.2) is 17.4 Å². The van der Waals surface area contributed by atoms with Gasteiger partial charge in [0.1, 0.15) is 6.54 Å². The van der Waals surface area contributed by atoms with Crippen molar-refractivity contribution in [1.82, 2.24) is 25.2 Å². The molecular formula is C20H21N7O. The number of rotatable bonds is 6. The van der Waals surface area contributed by atoms with E-state index in [1.54, 1.807) is 24.3 Å². The first-order chi connectivity index (χ1) is 13.7. The van der Waals surface area contributed by atoms with E-state index in [9.17, 15) is 4.79 Å². The van der Waals surface area contributed by atoms with Crippen LogP contribution in [0.1, 0.15) is 18.3 Å². The SMILES string of the molecule is C#Cc1cccc(NC(=O)CNC(=NCc2nnc3ccccn23)NCC)c1. The summed E-state index contributed by atoms with van der Waals surface area (Å²) >= 11 is 0. The largest absolute Gasteiger partial charge is 0.357 e. The van der Waals surface area contributed by atoms with Gasteiger partial charge in [-0.25, -0.2) is 4.99 Å². The van der Waals surface area contributed by atoms with Crippen LogP contribution in [0.15, 0.2) is 53.7 Å². The molecule has 0 fully saturated rings. The first-order valence-electron chi connectivity index (χ1n) is 8.87. The molecule has 0 saturated carbocycles. The zero-order valence-corrected chi connectivity index (χ0v) is 15.5. The molecule has 0 unspecified atom stereocenters. The van der Waals surface area contributed by atoms with E-state index in [2.05, 4.69) is 37.1 Å². The Kier molecular flexibility index (Phi) is 6.21. The summed E-state index contributed by atoms with van der Waals surface area (Å²) in [5.74, 6) is 3.57. The van der Waals surface area contributed by atoms with Gasteiger partial charge < -0.3 is 16.0 Å². The van der Waals surface area contributed by atoms with Crippen LogP contribution in [0.3, 0.4) is 0 Å². The molecule has 8 nitrogen and oxygen atoms in total. The van der Waals surface area contributed by atoms with Gasteiger partial charge in [-0.15, -0.1) is 16.6 Å². The molecule has 1 amide bonds. The number of nitrogens with zero attached hydrogens (tertiary/aromatic N) is 4. The molecule has 3 rings (SSSR count). The number of carbonyl (C=O) groups excluding carboxylic acids is 1. The number of hydrogen-bond acceptors (Lipinski definition) is 4. The summed E-state index contributed by atoms with van der Waals surface area (Å²) in [7, 11) is 0. The second-order valence-electron chi connectivity index (χ2n) is 5.87. The predicted molar refractivity (Wildman–Crippen MR) is 109 cm³/mol. The number of pyridine rings is 1. The summed E-state index contributed by atoms with van der Waals surface area (Å²) in [6, 6.07) is 12.8. The minimum atomic E-state index is -0.201. The molecule has 0 spiro atoms. The summed E-state index contributed by atoms with van der Waals surface area (Å²) in [6.45, 7) is 3.01. The minimum Gasteiger partial charge on any atom is -0.357 e. The highest BCUT2D eigenvalue weighted by atomic mass is 16.1.